The van der Waals surface area contributed by atoms with Gasteiger partial charge in [-0.15, -0.1) is 0 Å². The zero-order chi connectivity index (χ0) is 12.9. The van der Waals surface area contributed by atoms with Gasteiger partial charge in [0.15, 0.2) is 10.4 Å². The van der Waals surface area contributed by atoms with E-state index in [1.54, 1.807) is 0 Å². The van der Waals surface area contributed by atoms with Gasteiger partial charge in [-0.3, -0.25) is 9.25 Å². The highest BCUT2D eigenvalue weighted by atomic mass is 32.1. The third-order valence-corrected chi connectivity index (χ3v) is 4.23. The summed E-state index contributed by atoms with van der Waals surface area (Å²) in [5.74, 6) is 0. The lowest BCUT2D eigenvalue weighted by molar-refractivity contribution is 0.0302. The minimum atomic E-state index is 0.0216. The minimum Gasteiger partial charge on any atom is -0.381 e. The summed E-state index contributed by atoms with van der Waals surface area (Å²) in [5, 5.41) is 4.46. The number of rotatable bonds is 1. The van der Waals surface area contributed by atoms with Crippen molar-refractivity contribution in [1.82, 2.24) is 19.3 Å². The fourth-order valence-corrected chi connectivity index (χ4v) is 3.25. The van der Waals surface area contributed by atoms with Gasteiger partial charge >= 0.3 is 0 Å². The topological polar surface area (TPSA) is 47.8 Å². The van der Waals surface area contributed by atoms with E-state index >= 15 is 0 Å². The molecule has 1 N–H and O–H groups in total. The van der Waals surface area contributed by atoms with E-state index in [0.717, 1.165) is 47.7 Å². The molecule has 6 heteroatoms. The molecule has 0 amide bonds. The summed E-state index contributed by atoms with van der Waals surface area (Å²) in [4.78, 5) is 3.29. The van der Waals surface area contributed by atoms with Gasteiger partial charge in [0.2, 0.25) is 0 Å². The van der Waals surface area contributed by atoms with E-state index in [1.807, 2.05) is 18.7 Å². The van der Waals surface area contributed by atoms with Crippen LogP contribution in [0, 0.1) is 11.7 Å². The standard InChI is InChI=1S/C12H18N4OS/c1-8-9-10(15(3)14-8)16(11(18)13-9)12(2)4-6-17-7-5-12/h4-7H2,1-3H3,(H,13,18). The average molecular weight is 266 g/mol. The minimum absolute atomic E-state index is 0.0216. The van der Waals surface area contributed by atoms with Crippen LogP contribution in [-0.4, -0.2) is 32.5 Å². The summed E-state index contributed by atoms with van der Waals surface area (Å²) in [5.41, 5.74) is 3.15. The molecule has 1 saturated heterocycles. The molecule has 1 aliphatic rings. The molecular weight excluding hydrogens is 248 g/mol. The Hall–Kier alpha value is -1.14. The Labute approximate surface area is 111 Å². The molecule has 18 heavy (non-hydrogen) atoms. The first-order chi connectivity index (χ1) is 8.53. The van der Waals surface area contributed by atoms with Crippen molar-refractivity contribution in [2.75, 3.05) is 13.2 Å². The molecule has 1 aliphatic heterocycles. The summed E-state index contributed by atoms with van der Waals surface area (Å²) in [6.07, 6.45) is 1.97. The Morgan fingerprint density at radius 1 is 1.39 bits per heavy atom. The van der Waals surface area contributed by atoms with Crippen LogP contribution in [0.25, 0.3) is 11.2 Å². The van der Waals surface area contributed by atoms with Crippen LogP contribution in [-0.2, 0) is 17.3 Å². The third-order valence-electron chi connectivity index (χ3n) is 3.95. The van der Waals surface area contributed by atoms with E-state index in [9.17, 15) is 0 Å². The van der Waals surface area contributed by atoms with E-state index in [2.05, 4.69) is 21.6 Å². The molecule has 0 spiro atoms. The van der Waals surface area contributed by atoms with Crippen molar-refractivity contribution in [3.05, 3.63) is 10.5 Å². The second-order valence-electron chi connectivity index (χ2n) is 5.28. The van der Waals surface area contributed by atoms with Crippen molar-refractivity contribution in [2.24, 2.45) is 7.05 Å². The number of aromatic nitrogens is 4. The highest BCUT2D eigenvalue weighted by Crippen LogP contribution is 2.32. The molecule has 0 radical (unpaired) electrons. The number of hydrogen-bond donors (Lipinski definition) is 1. The molecule has 0 unspecified atom stereocenters. The predicted molar refractivity (Wildman–Crippen MR) is 72.3 cm³/mol. The van der Waals surface area contributed by atoms with E-state index in [0.29, 0.717) is 0 Å². The van der Waals surface area contributed by atoms with Crippen LogP contribution in [0.1, 0.15) is 25.5 Å². The largest absolute Gasteiger partial charge is 0.381 e. The van der Waals surface area contributed by atoms with Gasteiger partial charge in [0.25, 0.3) is 0 Å². The number of hydrogen-bond acceptors (Lipinski definition) is 3. The molecular formula is C12H18N4OS. The van der Waals surface area contributed by atoms with Crippen molar-refractivity contribution in [2.45, 2.75) is 32.2 Å². The van der Waals surface area contributed by atoms with Crippen molar-refractivity contribution in [1.29, 1.82) is 0 Å². The van der Waals surface area contributed by atoms with E-state index < -0.39 is 0 Å². The zero-order valence-electron chi connectivity index (χ0n) is 11.0. The summed E-state index contributed by atoms with van der Waals surface area (Å²) >= 11 is 5.50. The molecule has 3 rings (SSSR count). The zero-order valence-corrected chi connectivity index (χ0v) is 11.8. The Kier molecular flexibility index (Phi) is 2.60. The van der Waals surface area contributed by atoms with Crippen LogP contribution in [0.4, 0.5) is 0 Å². The molecule has 5 nitrogen and oxygen atoms in total. The fraction of sp³-hybridized carbons (Fsp3) is 0.667. The van der Waals surface area contributed by atoms with Crippen LogP contribution < -0.4 is 0 Å². The number of H-pyrrole nitrogens is 1. The van der Waals surface area contributed by atoms with E-state index in [4.69, 9.17) is 17.0 Å². The van der Waals surface area contributed by atoms with Gasteiger partial charge in [0.1, 0.15) is 5.52 Å². The number of ether oxygens (including phenoxy) is 1. The van der Waals surface area contributed by atoms with Gasteiger partial charge in [0, 0.05) is 20.3 Å². The fourth-order valence-electron chi connectivity index (χ4n) is 2.84. The molecule has 98 valence electrons. The number of aromatic amines is 1. The van der Waals surface area contributed by atoms with Crippen molar-refractivity contribution < 1.29 is 4.74 Å². The number of nitrogens with zero attached hydrogens (tertiary/aromatic N) is 3. The van der Waals surface area contributed by atoms with Crippen molar-refractivity contribution >= 4 is 23.4 Å². The molecule has 0 atom stereocenters. The molecule has 0 bridgehead atoms. The SMILES string of the molecule is Cc1nn(C)c2c1[nH]c(=S)n2C1(C)CCOCC1. The molecule has 0 aromatic carbocycles. The summed E-state index contributed by atoms with van der Waals surface area (Å²) in [6, 6.07) is 0. The second kappa shape index (κ2) is 3.93. The van der Waals surface area contributed by atoms with Gasteiger partial charge in [-0.1, -0.05) is 0 Å². The van der Waals surface area contributed by atoms with Crippen LogP contribution in [0.15, 0.2) is 0 Å². The second-order valence-corrected chi connectivity index (χ2v) is 5.67. The first-order valence-electron chi connectivity index (χ1n) is 6.25. The first-order valence-corrected chi connectivity index (χ1v) is 6.66. The van der Waals surface area contributed by atoms with Crippen LogP contribution in [0.5, 0.6) is 0 Å². The smallest absolute Gasteiger partial charge is 0.179 e. The lowest BCUT2D eigenvalue weighted by atomic mass is 9.92. The summed E-state index contributed by atoms with van der Waals surface area (Å²) in [7, 11) is 1.97. The van der Waals surface area contributed by atoms with Crippen LogP contribution in [0.2, 0.25) is 0 Å². The lowest BCUT2D eigenvalue weighted by Crippen LogP contribution is -2.37. The predicted octanol–water partition coefficient (Wildman–Crippen LogP) is 2.27. The Morgan fingerprint density at radius 2 is 2.06 bits per heavy atom. The number of nitrogens with one attached hydrogen (secondary N) is 1. The van der Waals surface area contributed by atoms with E-state index in [-0.39, 0.29) is 5.54 Å². The van der Waals surface area contributed by atoms with Crippen molar-refractivity contribution in [3.63, 3.8) is 0 Å². The van der Waals surface area contributed by atoms with Gasteiger partial charge < -0.3 is 9.72 Å². The van der Waals surface area contributed by atoms with E-state index in [1.165, 1.54) is 0 Å². The normalized spacial score (nSPS) is 19.5. The van der Waals surface area contributed by atoms with Crippen LogP contribution >= 0.6 is 12.2 Å². The highest BCUT2D eigenvalue weighted by molar-refractivity contribution is 7.71. The molecule has 1 fully saturated rings. The molecule has 0 saturated carbocycles. The monoisotopic (exact) mass is 266 g/mol. The first kappa shape index (κ1) is 11.9. The summed E-state index contributed by atoms with van der Waals surface area (Å²) in [6.45, 7) is 5.84. The quantitative estimate of drug-likeness (QED) is 0.805. The number of fused-ring (bicyclic) bond motifs is 1. The van der Waals surface area contributed by atoms with Crippen LogP contribution in [0.3, 0.4) is 0 Å². The Bertz CT molecular complexity index is 645. The maximum atomic E-state index is 5.50. The van der Waals surface area contributed by atoms with Gasteiger partial charge in [-0.25, -0.2) is 0 Å². The van der Waals surface area contributed by atoms with Gasteiger partial charge in [-0.05, 0) is 38.9 Å². The third kappa shape index (κ3) is 1.55. The maximum Gasteiger partial charge on any atom is 0.179 e. The molecule has 2 aromatic heterocycles. The van der Waals surface area contributed by atoms with Crippen molar-refractivity contribution in [3.8, 4) is 0 Å². The average Bonchev–Trinajstić information content (AvgIpc) is 2.79. The summed E-state index contributed by atoms with van der Waals surface area (Å²) < 4.78 is 10.4. The molecule has 0 aliphatic carbocycles. The molecule has 2 aromatic rings. The maximum absolute atomic E-state index is 5.50. The van der Waals surface area contributed by atoms with Gasteiger partial charge in [0.05, 0.1) is 11.2 Å². The van der Waals surface area contributed by atoms with Gasteiger partial charge in [-0.2, -0.15) is 5.10 Å². The highest BCUT2D eigenvalue weighted by Gasteiger charge is 2.32. The Balaban J connectivity index is 2.27. The lowest BCUT2D eigenvalue weighted by Gasteiger charge is -2.35. The number of aryl methyl sites for hydroxylation is 2. The Morgan fingerprint density at radius 3 is 2.72 bits per heavy atom. The molecule has 3 heterocycles. The number of imidazole rings is 1.